The van der Waals surface area contributed by atoms with Crippen LogP contribution in [0, 0.1) is 5.92 Å². The number of halogens is 3. The summed E-state index contributed by atoms with van der Waals surface area (Å²) >= 11 is 12.1. The molecule has 0 fully saturated rings. The first-order valence-electron chi connectivity index (χ1n) is 6.10. The van der Waals surface area contributed by atoms with Gasteiger partial charge >= 0.3 is 0 Å². The van der Waals surface area contributed by atoms with Crippen LogP contribution in [0.2, 0.25) is 10.0 Å². The summed E-state index contributed by atoms with van der Waals surface area (Å²) in [7, 11) is 0. The Hall–Kier alpha value is -0.680. The second kappa shape index (κ2) is 9.29. The summed E-state index contributed by atoms with van der Waals surface area (Å²) in [6.45, 7) is 7.07. The van der Waals surface area contributed by atoms with Crippen LogP contribution < -0.4 is 15.6 Å². The summed E-state index contributed by atoms with van der Waals surface area (Å²) in [6.07, 6.45) is 0. The van der Waals surface area contributed by atoms with E-state index in [0.29, 0.717) is 40.4 Å². The number of nitrogens with one attached hydrogen (secondary N) is 2. The van der Waals surface area contributed by atoms with E-state index in [1.807, 2.05) is 20.8 Å². The molecule has 1 aromatic carbocycles. The van der Waals surface area contributed by atoms with Crippen LogP contribution in [0.1, 0.15) is 31.1 Å². The summed E-state index contributed by atoms with van der Waals surface area (Å²) in [5, 5.41) is 0.645. The number of hydrogen-bond acceptors (Lipinski definition) is 3. The van der Waals surface area contributed by atoms with E-state index in [1.54, 1.807) is 0 Å². The summed E-state index contributed by atoms with van der Waals surface area (Å²) in [4.78, 5) is 11.9. The maximum absolute atomic E-state index is 11.9. The van der Waals surface area contributed by atoms with Crippen molar-refractivity contribution in [3.05, 3.63) is 27.7 Å². The first-order chi connectivity index (χ1) is 8.95. The Morgan fingerprint density at radius 3 is 2.30 bits per heavy atom. The molecule has 0 aliphatic carbocycles. The van der Waals surface area contributed by atoms with Crippen LogP contribution in [-0.4, -0.2) is 19.1 Å². The van der Waals surface area contributed by atoms with Gasteiger partial charge in [-0.2, -0.15) is 0 Å². The van der Waals surface area contributed by atoms with Crippen molar-refractivity contribution >= 4 is 41.5 Å². The predicted octanol–water partition coefficient (Wildman–Crippen LogP) is 3.70. The van der Waals surface area contributed by atoms with Crippen molar-refractivity contribution in [2.45, 2.75) is 20.8 Å². The molecule has 4 nitrogen and oxygen atoms in total. The molecule has 1 amide bonds. The fourth-order valence-electron chi connectivity index (χ4n) is 1.38. The third-order valence-corrected chi connectivity index (χ3v) is 2.82. The van der Waals surface area contributed by atoms with Crippen molar-refractivity contribution in [3.8, 4) is 5.75 Å². The standard InChI is InChI=1S/C13H18Cl2N2O2.ClH/c1-4-19-12-10(14)5-9(6-11(12)15)13(18)17-16-7-8(2)3;/h5-6,8,16H,4,7H2,1-3H3,(H,17,18);1H. The van der Waals surface area contributed by atoms with E-state index in [4.69, 9.17) is 27.9 Å². The average Bonchev–Trinajstić information content (AvgIpc) is 2.33. The van der Waals surface area contributed by atoms with E-state index in [0.717, 1.165) is 0 Å². The van der Waals surface area contributed by atoms with Gasteiger partial charge in [0.15, 0.2) is 5.75 Å². The molecule has 0 atom stereocenters. The third-order valence-electron chi connectivity index (χ3n) is 2.26. The number of ether oxygens (including phenoxy) is 1. The number of carbonyl (C=O) groups excluding carboxylic acids is 1. The molecule has 0 aliphatic rings. The van der Waals surface area contributed by atoms with E-state index < -0.39 is 0 Å². The van der Waals surface area contributed by atoms with Crippen molar-refractivity contribution < 1.29 is 9.53 Å². The highest BCUT2D eigenvalue weighted by molar-refractivity contribution is 6.37. The maximum atomic E-state index is 11.9. The molecule has 0 aromatic heterocycles. The van der Waals surface area contributed by atoms with Crippen LogP contribution in [0.4, 0.5) is 0 Å². The summed E-state index contributed by atoms with van der Waals surface area (Å²) in [6, 6.07) is 3.07. The van der Waals surface area contributed by atoms with Crippen molar-refractivity contribution in [1.29, 1.82) is 0 Å². The van der Waals surface area contributed by atoms with Gasteiger partial charge in [0.05, 0.1) is 16.7 Å². The quantitative estimate of drug-likeness (QED) is 0.776. The maximum Gasteiger partial charge on any atom is 0.265 e. The number of rotatable bonds is 6. The Bertz CT molecular complexity index is 430. The predicted molar refractivity (Wildman–Crippen MR) is 85.2 cm³/mol. The minimum atomic E-state index is -0.285. The highest BCUT2D eigenvalue weighted by atomic mass is 35.5. The average molecular weight is 342 g/mol. The van der Waals surface area contributed by atoms with Crippen LogP contribution in [0.15, 0.2) is 12.1 Å². The van der Waals surface area contributed by atoms with Crippen molar-refractivity contribution in [3.63, 3.8) is 0 Å². The van der Waals surface area contributed by atoms with E-state index in [9.17, 15) is 4.79 Å². The van der Waals surface area contributed by atoms with Gasteiger partial charge in [-0.1, -0.05) is 37.0 Å². The molecule has 0 radical (unpaired) electrons. The lowest BCUT2D eigenvalue weighted by molar-refractivity contribution is 0.0931. The minimum Gasteiger partial charge on any atom is -0.491 e. The molecule has 7 heteroatoms. The largest absolute Gasteiger partial charge is 0.491 e. The lowest BCUT2D eigenvalue weighted by Crippen LogP contribution is -2.39. The van der Waals surface area contributed by atoms with Crippen LogP contribution in [0.3, 0.4) is 0 Å². The fourth-order valence-corrected chi connectivity index (χ4v) is 1.98. The van der Waals surface area contributed by atoms with Gasteiger partial charge in [0, 0.05) is 12.1 Å². The molecule has 0 unspecified atom stereocenters. The van der Waals surface area contributed by atoms with Crippen LogP contribution in [-0.2, 0) is 0 Å². The molecular formula is C13H19Cl3N2O2. The first-order valence-corrected chi connectivity index (χ1v) is 6.86. The van der Waals surface area contributed by atoms with Crippen molar-refractivity contribution in [1.82, 2.24) is 10.9 Å². The highest BCUT2D eigenvalue weighted by Crippen LogP contribution is 2.34. The fraction of sp³-hybridized carbons (Fsp3) is 0.462. The Balaban J connectivity index is 0.00000361. The van der Waals surface area contributed by atoms with E-state index >= 15 is 0 Å². The number of amides is 1. The Labute approximate surface area is 135 Å². The van der Waals surface area contributed by atoms with Crippen molar-refractivity contribution in [2.24, 2.45) is 5.92 Å². The molecule has 1 aromatic rings. The van der Waals surface area contributed by atoms with E-state index in [1.165, 1.54) is 12.1 Å². The minimum absolute atomic E-state index is 0. The molecule has 20 heavy (non-hydrogen) atoms. The van der Waals surface area contributed by atoms with Gasteiger partial charge < -0.3 is 4.74 Å². The number of hydrogen-bond donors (Lipinski definition) is 2. The van der Waals surface area contributed by atoms with Gasteiger partial charge in [0.1, 0.15) is 0 Å². The van der Waals surface area contributed by atoms with Gasteiger partial charge in [-0.05, 0) is 25.0 Å². The lowest BCUT2D eigenvalue weighted by atomic mass is 10.2. The monoisotopic (exact) mass is 340 g/mol. The second-order valence-electron chi connectivity index (χ2n) is 4.43. The molecule has 0 heterocycles. The SMILES string of the molecule is CCOc1c(Cl)cc(C(=O)NNCC(C)C)cc1Cl.Cl. The first kappa shape index (κ1) is 19.3. The Morgan fingerprint density at radius 1 is 1.30 bits per heavy atom. The summed E-state index contributed by atoms with van der Waals surface area (Å²) < 4.78 is 5.30. The summed E-state index contributed by atoms with van der Waals surface area (Å²) in [5.41, 5.74) is 5.82. The van der Waals surface area contributed by atoms with E-state index in [-0.39, 0.29) is 18.3 Å². The molecule has 0 bridgehead atoms. The smallest absolute Gasteiger partial charge is 0.265 e. The Morgan fingerprint density at radius 2 is 1.85 bits per heavy atom. The zero-order chi connectivity index (χ0) is 14.4. The number of benzene rings is 1. The van der Waals surface area contributed by atoms with Crippen LogP contribution >= 0.6 is 35.6 Å². The van der Waals surface area contributed by atoms with Crippen molar-refractivity contribution in [2.75, 3.05) is 13.2 Å². The Kier molecular flexibility index (Phi) is 8.98. The molecular weight excluding hydrogens is 323 g/mol. The normalized spacial score (nSPS) is 10.1. The molecule has 0 spiro atoms. The molecule has 2 N–H and O–H groups in total. The second-order valence-corrected chi connectivity index (χ2v) is 5.25. The lowest BCUT2D eigenvalue weighted by Gasteiger charge is -2.12. The van der Waals surface area contributed by atoms with Gasteiger partial charge in [-0.25, -0.2) is 5.43 Å². The zero-order valence-corrected chi connectivity index (χ0v) is 14.0. The van der Waals surface area contributed by atoms with Gasteiger partial charge in [0.25, 0.3) is 5.91 Å². The molecule has 114 valence electrons. The van der Waals surface area contributed by atoms with Gasteiger partial charge in [-0.3, -0.25) is 10.2 Å². The highest BCUT2D eigenvalue weighted by Gasteiger charge is 2.13. The third kappa shape index (κ3) is 5.75. The van der Waals surface area contributed by atoms with Crippen LogP contribution in [0.5, 0.6) is 5.75 Å². The summed E-state index contributed by atoms with van der Waals surface area (Å²) in [5.74, 6) is 0.554. The number of carbonyl (C=O) groups is 1. The number of hydrazine groups is 1. The molecule has 0 aliphatic heterocycles. The van der Waals surface area contributed by atoms with Gasteiger partial charge in [0.2, 0.25) is 0 Å². The van der Waals surface area contributed by atoms with Crippen LogP contribution in [0.25, 0.3) is 0 Å². The van der Waals surface area contributed by atoms with Gasteiger partial charge in [-0.15, -0.1) is 12.4 Å². The molecule has 1 rings (SSSR count). The van der Waals surface area contributed by atoms with E-state index in [2.05, 4.69) is 10.9 Å². The molecule has 0 saturated carbocycles. The topological polar surface area (TPSA) is 50.4 Å². The zero-order valence-electron chi connectivity index (χ0n) is 11.6. The molecule has 0 saturated heterocycles.